The Morgan fingerprint density at radius 3 is 3.00 bits per heavy atom. The van der Waals surface area contributed by atoms with Crippen molar-refractivity contribution < 1.29 is 9.90 Å². The van der Waals surface area contributed by atoms with Crippen LogP contribution < -0.4 is 5.32 Å². The van der Waals surface area contributed by atoms with Gasteiger partial charge in [-0.3, -0.25) is 9.69 Å². The van der Waals surface area contributed by atoms with E-state index in [4.69, 9.17) is 5.26 Å². The monoisotopic (exact) mass is 293 g/mol. The maximum absolute atomic E-state index is 12.1. The molecule has 5 nitrogen and oxygen atoms in total. The normalized spacial score (nSPS) is 19.0. The van der Waals surface area contributed by atoms with Crippen molar-refractivity contribution in [2.24, 2.45) is 0 Å². The predicted molar refractivity (Wildman–Crippen MR) is 78.8 cm³/mol. The van der Waals surface area contributed by atoms with Crippen LogP contribution in [0.5, 0.6) is 0 Å². The molecule has 0 aromatic carbocycles. The second kappa shape index (κ2) is 6.35. The molecule has 0 aliphatic carbocycles. The summed E-state index contributed by atoms with van der Waals surface area (Å²) in [5.74, 6) is -0.122. The standard InChI is InChI=1S/C14H19N3O2S/c1-9-10(2)20-14(12(9)6-15)16-13(19)7-17-5-3-4-11(17)8-18/h11,18H,3-5,7-8H2,1-2H3,(H,16,19). The van der Waals surface area contributed by atoms with Gasteiger partial charge in [-0.05, 0) is 38.8 Å². The summed E-state index contributed by atoms with van der Waals surface area (Å²) < 4.78 is 0. The molecule has 20 heavy (non-hydrogen) atoms. The Labute approximate surface area is 122 Å². The van der Waals surface area contributed by atoms with E-state index in [0.29, 0.717) is 10.6 Å². The van der Waals surface area contributed by atoms with Gasteiger partial charge in [-0.15, -0.1) is 11.3 Å². The Morgan fingerprint density at radius 2 is 2.35 bits per heavy atom. The van der Waals surface area contributed by atoms with Crippen LogP contribution in [-0.4, -0.2) is 41.7 Å². The van der Waals surface area contributed by atoms with Crippen LogP contribution in [0.2, 0.25) is 0 Å². The topological polar surface area (TPSA) is 76.4 Å². The minimum atomic E-state index is -0.122. The van der Waals surface area contributed by atoms with Crippen molar-refractivity contribution in [3.05, 3.63) is 16.0 Å². The average molecular weight is 293 g/mol. The zero-order chi connectivity index (χ0) is 14.7. The van der Waals surface area contributed by atoms with Crippen molar-refractivity contribution in [3.63, 3.8) is 0 Å². The molecule has 0 spiro atoms. The van der Waals surface area contributed by atoms with Gasteiger partial charge < -0.3 is 10.4 Å². The zero-order valence-electron chi connectivity index (χ0n) is 11.8. The Bertz CT molecular complexity index is 547. The van der Waals surface area contributed by atoms with E-state index in [1.807, 2.05) is 18.7 Å². The number of aryl methyl sites for hydroxylation is 1. The Hall–Kier alpha value is -1.42. The fraction of sp³-hybridized carbons (Fsp3) is 0.571. The number of aliphatic hydroxyl groups excluding tert-OH is 1. The number of rotatable bonds is 4. The molecule has 0 saturated carbocycles. The molecule has 108 valence electrons. The van der Waals surface area contributed by atoms with Gasteiger partial charge in [0.05, 0.1) is 18.7 Å². The van der Waals surface area contributed by atoms with E-state index >= 15 is 0 Å². The van der Waals surface area contributed by atoms with Crippen LogP contribution in [0.1, 0.15) is 28.8 Å². The summed E-state index contributed by atoms with van der Waals surface area (Å²) in [6, 6.07) is 2.23. The molecule has 6 heteroatoms. The zero-order valence-corrected chi connectivity index (χ0v) is 12.6. The van der Waals surface area contributed by atoms with Gasteiger partial charge in [0.1, 0.15) is 11.1 Å². The lowest BCUT2D eigenvalue weighted by molar-refractivity contribution is -0.117. The van der Waals surface area contributed by atoms with E-state index in [1.54, 1.807) is 0 Å². The van der Waals surface area contributed by atoms with Crippen LogP contribution in [0.25, 0.3) is 0 Å². The quantitative estimate of drug-likeness (QED) is 0.884. The third-order valence-corrected chi connectivity index (χ3v) is 4.93. The molecule has 1 aliphatic rings. The molecule has 2 heterocycles. The maximum Gasteiger partial charge on any atom is 0.239 e. The minimum absolute atomic E-state index is 0.0861. The van der Waals surface area contributed by atoms with Crippen LogP contribution in [0.3, 0.4) is 0 Å². The van der Waals surface area contributed by atoms with E-state index in [-0.39, 0.29) is 25.1 Å². The largest absolute Gasteiger partial charge is 0.395 e. The number of anilines is 1. The van der Waals surface area contributed by atoms with E-state index < -0.39 is 0 Å². The Kier molecular flexibility index (Phi) is 4.76. The molecule has 0 bridgehead atoms. The SMILES string of the molecule is Cc1sc(NC(=O)CN2CCCC2CO)c(C#N)c1C. The fourth-order valence-electron chi connectivity index (χ4n) is 2.51. The number of likely N-dealkylation sites (tertiary alicyclic amines) is 1. The number of nitrogens with zero attached hydrogens (tertiary/aromatic N) is 2. The lowest BCUT2D eigenvalue weighted by Gasteiger charge is -2.21. The highest BCUT2D eigenvalue weighted by Crippen LogP contribution is 2.31. The fourth-order valence-corrected chi connectivity index (χ4v) is 3.54. The summed E-state index contributed by atoms with van der Waals surface area (Å²) in [7, 11) is 0. The first-order valence-corrected chi connectivity index (χ1v) is 7.53. The molecule has 1 saturated heterocycles. The van der Waals surface area contributed by atoms with Crippen molar-refractivity contribution in [1.82, 2.24) is 4.90 Å². The number of carbonyl (C=O) groups excluding carboxylic acids is 1. The summed E-state index contributed by atoms with van der Waals surface area (Å²) in [4.78, 5) is 15.1. The highest BCUT2D eigenvalue weighted by molar-refractivity contribution is 7.16. The number of thiophene rings is 1. The highest BCUT2D eigenvalue weighted by atomic mass is 32.1. The molecule has 2 N–H and O–H groups in total. The van der Waals surface area contributed by atoms with Crippen LogP contribution in [-0.2, 0) is 4.79 Å². The lowest BCUT2D eigenvalue weighted by Crippen LogP contribution is -2.38. The van der Waals surface area contributed by atoms with Gasteiger partial charge in [-0.2, -0.15) is 5.26 Å². The maximum atomic E-state index is 12.1. The molecule has 2 rings (SSSR count). The number of hydrogen-bond donors (Lipinski definition) is 2. The van der Waals surface area contributed by atoms with Gasteiger partial charge in [0, 0.05) is 10.9 Å². The van der Waals surface area contributed by atoms with Crippen LogP contribution in [0, 0.1) is 25.2 Å². The first-order chi connectivity index (χ1) is 9.56. The van der Waals surface area contributed by atoms with E-state index in [1.165, 1.54) is 11.3 Å². The Balaban J connectivity index is 2.02. The second-order valence-electron chi connectivity index (χ2n) is 5.10. The molecule has 1 aromatic heterocycles. The molecule has 1 aromatic rings. The summed E-state index contributed by atoms with van der Waals surface area (Å²) >= 11 is 1.44. The predicted octanol–water partition coefficient (Wildman–Crippen LogP) is 1.63. The van der Waals surface area contributed by atoms with Crippen LogP contribution in [0.15, 0.2) is 0 Å². The third kappa shape index (κ3) is 3.01. The third-order valence-electron chi connectivity index (χ3n) is 3.81. The molecule has 1 unspecified atom stereocenters. The van der Waals surface area contributed by atoms with Gasteiger partial charge in [-0.1, -0.05) is 0 Å². The van der Waals surface area contributed by atoms with Gasteiger partial charge in [0.2, 0.25) is 5.91 Å². The van der Waals surface area contributed by atoms with Gasteiger partial charge >= 0.3 is 0 Å². The molecule has 1 fully saturated rings. The van der Waals surface area contributed by atoms with Gasteiger partial charge in [0.15, 0.2) is 0 Å². The number of hydrogen-bond acceptors (Lipinski definition) is 5. The molecule has 0 radical (unpaired) electrons. The smallest absolute Gasteiger partial charge is 0.239 e. The van der Waals surface area contributed by atoms with Crippen LogP contribution >= 0.6 is 11.3 Å². The van der Waals surface area contributed by atoms with Crippen molar-refractivity contribution in [3.8, 4) is 6.07 Å². The minimum Gasteiger partial charge on any atom is -0.395 e. The van der Waals surface area contributed by atoms with E-state index in [2.05, 4.69) is 11.4 Å². The number of nitrogens with one attached hydrogen (secondary N) is 1. The molecule has 1 atom stereocenters. The number of nitriles is 1. The van der Waals surface area contributed by atoms with Gasteiger partial charge in [-0.25, -0.2) is 0 Å². The summed E-state index contributed by atoms with van der Waals surface area (Å²) in [5.41, 5.74) is 1.49. The molecular formula is C14H19N3O2S. The van der Waals surface area contributed by atoms with Crippen molar-refractivity contribution in [2.75, 3.05) is 25.0 Å². The van der Waals surface area contributed by atoms with E-state index in [0.717, 1.165) is 29.8 Å². The summed E-state index contributed by atoms with van der Waals surface area (Å²) in [6.45, 7) is 5.04. The first-order valence-electron chi connectivity index (χ1n) is 6.71. The molecule has 1 aliphatic heterocycles. The number of amides is 1. The first kappa shape index (κ1) is 15.0. The van der Waals surface area contributed by atoms with Crippen molar-refractivity contribution in [1.29, 1.82) is 5.26 Å². The second-order valence-corrected chi connectivity index (χ2v) is 6.32. The summed E-state index contributed by atoms with van der Waals surface area (Å²) in [6.07, 6.45) is 1.95. The lowest BCUT2D eigenvalue weighted by atomic mass is 10.2. The number of carbonyl (C=O) groups is 1. The summed E-state index contributed by atoms with van der Waals surface area (Å²) in [5, 5.41) is 21.9. The molecular weight excluding hydrogens is 274 g/mol. The highest BCUT2D eigenvalue weighted by Gasteiger charge is 2.26. The van der Waals surface area contributed by atoms with Crippen molar-refractivity contribution in [2.45, 2.75) is 32.7 Å². The van der Waals surface area contributed by atoms with Crippen LogP contribution in [0.4, 0.5) is 5.00 Å². The van der Waals surface area contributed by atoms with E-state index in [9.17, 15) is 9.90 Å². The number of aliphatic hydroxyl groups is 1. The van der Waals surface area contributed by atoms with Crippen molar-refractivity contribution >= 4 is 22.2 Å². The average Bonchev–Trinajstić information content (AvgIpc) is 2.95. The van der Waals surface area contributed by atoms with Gasteiger partial charge in [0.25, 0.3) is 0 Å². The molecule has 1 amide bonds. The Morgan fingerprint density at radius 1 is 1.60 bits per heavy atom.